The van der Waals surface area contributed by atoms with Crippen LogP contribution in [0.1, 0.15) is 26.7 Å². The van der Waals surface area contributed by atoms with E-state index in [1.54, 1.807) is 0 Å². The highest BCUT2D eigenvalue weighted by atomic mass is 16.5. The van der Waals surface area contributed by atoms with Crippen molar-refractivity contribution in [1.29, 1.82) is 0 Å². The number of ether oxygens (including phenoxy) is 1. The molecule has 9 heavy (non-hydrogen) atoms. The topological polar surface area (TPSA) is 29.5 Å². The zero-order chi connectivity index (χ0) is 6.91. The van der Waals surface area contributed by atoms with Crippen molar-refractivity contribution in [3.8, 4) is 0 Å². The van der Waals surface area contributed by atoms with Gasteiger partial charge in [0.05, 0.1) is 11.7 Å². The normalized spacial score (nSPS) is 45.0. The van der Waals surface area contributed by atoms with Crippen LogP contribution in [0.4, 0.5) is 0 Å². The molecule has 0 unspecified atom stereocenters. The van der Waals surface area contributed by atoms with E-state index in [9.17, 15) is 5.11 Å². The summed E-state index contributed by atoms with van der Waals surface area (Å²) in [4.78, 5) is 0. The summed E-state index contributed by atoms with van der Waals surface area (Å²) >= 11 is 0. The maximum Gasteiger partial charge on any atom is 0.0666 e. The first-order valence-corrected chi connectivity index (χ1v) is 3.44. The van der Waals surface area contributed by atoms with Crippen molar-refractivity contribution >= 4 is 0 Å². The Bertz CT molecular complexity index is 99.1. The molecule has 0 aliphatic carbocycles. The smallest absolute Gasteiger partial charge is 0.0666 e. The lowest BCUT2D eigenvalue weighted by molar-refractivity contribution is -0.0865. The van der Waals surface area contributed by atoms with Crippen LogP contribution in [0.15, 0.2) is 0 Å². The summed E-state index contributed by atoms with van der Waals surface area (Å²) in [5, 5.41) is 9.46. The summed E-state index contributed by atoms with van der Waals surface area (Å²) in [6.45, 7) is 4.56. The molecule has 0 radical (unpaired) electrons. The van der Waals surface area contributed by atoms with E-state index in [1.165, 1.54) is 0 Å². The summed E-state index contributed by atoms with van der Waals surface area (Å²) < 4.78 is 5.25. The lowest BCUT2D eigenvalue weighted by atomic mass is 9.93. The van der Waals surface area contributed by atoms with Crippen molar-refractivity contribution in [1.82, 2.24) is 0 Å². The highest BCUT2D eigenvalue weighted by Crippen LogP contribution is 2.23. The Kier molecular flexibility index (Phi) is 1.78. The molecule has 1 N–H and O–H groups in total. The number of aliphatic hydroxyl groups is 1. The zero-order valence-corrected chi connectivity index (χ0v) is 6.05. The lowest BCUT2D eigenvalue weighted by Crippen LogP contribution is -2.36. The Labute approximate surface area is 55.8 Å². The van der Waals surface area contributed by atoms with E-state index in [1.807, 2.05) is 13.8 Å². The van der Waals surface area contributed by atoms with Crippen molar-refractivity contribution in [3.05, 3.63) is 0 Å². The minimum atomic E-state index is -0.475. The molecule has 1 saturated heterocycles. The highest BCUT2D eigenvalue weighted by molar-refractivity contribution is 4.78. The van der Waals surface area contributed by atoms with Crippen LogP contribution < -0.4 is 0 Å². The van der Waals surface area contributed by atoms with Gasteiger partial charge in [0, 0.05) is 13.0 Å². The van der Waals surface area contributed by atoms with E-state index in [0.717, 1.165) is 12.8 Å². The third kappa shape index (κ3) is 1.95. The van der Waals surface area contributed by atoms with E-state index < -0.39 is 5.60 Å². The Balaban J connectivity index is 2.41. The second-order valence-corrected chi connectivity index (χ2v) is 3.13. The quantitative estimate of drug-likeness (QED) is 0.528. The first-order valence-electron chi connectivity index (χ1n) is 3.44. The monoisotopic (exact) mass is 130 g/mol. The summed E-state index contributed by atoms with van der Waals surface area (Å²) in [7, 11) is 0. The maximum absolute atomic E-state index is 9.46. The predicted molar refractivity (Wildman–Crippen MR) is 35.3 cm³/mol. The third-order valence-corrected chi connectivity index (χ3v) is 1.77. The second kappa shape index (κ2) is 2.27. The van der Waals surface area contributed by atoms with Gasteiger partial charge in [0.15, 0.2) is 0 Å². The molecule has 0 aromatic rings. The molecule has 54 valence electrons. The molecule has 1 rings (SSSR count). The van der Waals surface area contributed by atoms with Crippen LogP contribution in [0.5, 0.6) is 0 Å². The van der Waals surface area contributed by atoms with Crippen molar-refractivity contribution in [2.45, 2.75) is 38.4 Å². The molecular formula is C7H14O2. The van der Waals surface area contributed by atoms with Gasteiger partial charge >= 0.3 is 0 Å². The van der Waals surface area contributed by atoms with Crippen molar-refractivity contribution in [2.75, 3.05) is 6.61 Å². The van der Waals surface area contributed by atoms with E-state index in [-0.39, 0.29) is 6.10 Å². The van der Waals surface area contributed by atoms with Gasteiger partial charge in [-0.1, -0.05) is 0 Å². The van der Waals surface area contributed by atoms with Gasteiger partial charge in [0.1, 0.15) is 0 Å². The van der Waals surface area contributed by atoms with Gasteiger partial charge in [-0.05, 0) is 20.3 Å². The molecule has 0 saturated carbocycles. The van der Waals surface area contributed by atoms with E-state index in [0.29, 0.717) is 6.61 Å². The first kappa shape index (κ1) is 7.03. The fraction of sp³-hybridized carbons (Fsp3) is 1.00. The highest BCUT2D eigenvalue weighted by Gasteiger charge is 2.27. The molecule has 1 heterocycles. The van der Waals surface area contributed by atoms with Gasteiger partial charge in [-0.2, -0.15) is 0 Å². The molecule has 0 spiro atoms. The zero-order valence-electron chi connectivity index (χ0n) is 6.05. The average Bonchev–Trinajstić information content (AvgIpc) is 1.60. The van der Waals surface area contributed by atoms with Crippen molar-refractivity contribution < 1.29 is 9.84 Å². The first-order chi connectivity index (χ1) is 4.10. The Morgan fingerprint density at radius 3 is 2.67 bits per heavy atom. The van der Waals surface area contributed by atoms with Crippen LogP contribution in [-0.4, -0.2) is 23.4 Å². The standard InChI is InChI=1S/C7H14O2/c1-6-5-7(2,8)3-4-9-6/h6,8H,3-5H2,1-2H3/t6-,7+/m1/s1. The van der Waals surface area contributed by atoms with E-state index >= 15 is 0 Å². The predicted octanol–water partition coefficient (Wildman–Crippen LogP) is 0.936. The van der Waals surface area contributed by atoms with E-state index in [2.05, 4.69) is 0 Å². The molecule has 0 aromatic heterocycles. The Morgan fingerprint density at radius 2 is 2.33 bits per heavy atom. The maximum atomic E-state index is 9.46. The van der Waals surface area contributed by atoms with Crippen molar-refractivity contribution in [3.63, 3.8) is 0 Å². The Morgan fingerprint density at radius 1 is 1.67 bits per heavy atom. The van der Waals surface area contributed by atoms with Crippen LogP contribution in [0.25, 0.3) is 0 Å². The summed E-state index contributed by atoms with van der Waals surface area (Å²) in [6, 6.07) is 0. The minimum Gasteiger partial charge on any atom is -0.390 e. The fourth-order valence-corrected chi connectivity index (χ4v) is 1.26. The molecule has 2 nitrogen and oxygen atoms in total. The molecular weight excluding hydrogens is 116 g/mol. The summed E-state index contributed by atoms with van der Waals surface area (Å²) in [5.74, 6) is 0. The fourth-order valence-electron chi connectivity index (χ4n) is 1.26. The van der Waals surface area contributed by atoms with Crippen LogP contribution in [0.2, 0.25) is 0 Å². The molecule has 0 bridgehead atoms. The third-order valence-electron chi connectivity index (χ3n) is 1.77. The SMILES string of the molecule is C[C@@H]1C[C@@](C)(O)CCO1. The van der Waals surface area contributed by atoms with Crippen LogP contribution in [0, 0.1) is 0 Å². The molecule has 1 aliphatic rings. The molecule has 0 aromatic carbocycles. The summed E-state index contributed by atoms with van der Waals surface area (Å²) in [5.41, 5.74) is -0.475. The van der Waals surface area contributed by atoms with E-state index in [4.69, 9.17) is 4.74 Å². The minimum absolute atomic E-state index is 0.230. The Hall–Kier alpha value is -0.0800. The van der Waals surface area contributed by atoms with Crippen molar-refractivity contribution in [2.24, 2.45) is 0 Å². The van der Waals surface area contributed by atoms with Crippen LogP contribution in [-0.2, 0) is 4.74 Å². The average molecular weight is 130 g/mol. The van der Waals surface area contributed by atoms with Gasteiger partial charge in [0.25, 0.3) is 0 Å². The number of rotatable bonds is 0. The molecule has 2 atom stereocenters. The number of hydrogen-bond donors (Lipinski definition) is 1. The molecule has 0 amide bonds. The van der Waals surface area contributed by atoms with Gasteiger partial charge in [-0.15, -0.1) is 0 Å². The second-order valence-electron chi connectivity index (χ2n) is 3.13. The van der Waals surface area contributed by atoms with Crippen LogP contribution in [0.3, 0.4) is 0 Å². The molecule has 1 fully saturated rings. The van der Waals surface area contributed by atoms with Crippen LogP contribution >= 0.6 is 0 Å². The van der Waals surface area contributed by atoms with Gasteiger partial charge in [0.2, 0.25) is 0 Å². The van der Waals surface area contributed by atoms with Gasteiger partial charge in [-0.3, -0.25) is 0 Å². The largest absolute Gasteiger partial charge is 0.390 e. The number of hydrogen-bond acceptors (Lipinski definition) is 2. The summed E-state index contributed by atoms with van der Waals surface area (Å²) in [6.07, 6.45) is 1.78. The van der Waals surface area contributed by atoms with Gasteiger partial charge < -0.3 is 9.84 Å². The molecule has 2 heteroatoms. The lowest BCUT2D eigenvalue weighted by Gasteiger charge is -2.32. The molecule has 1 aliphatic heterocycles. The van der Waals surface area contributed by atoms with Gasteiger partial charge in [-0.25, -0.2) is 0 Å².